The minimum absolute atomic E-state index is 0.253. The molecule has 1 fully saturated rings. The van der Waals surface area contributed by atoms with Crippen molar-refractivity contribution in [1.29, 1.82) is 0 Å². The molecular weight excluding hydrogens is 242 g/mol. The van der Waals surface area contributed by atoms with Gasteiger partial charge < -0.3 is 5.32 Å². The van der Waals surface area contributed by atoms with Gasteiger partial charge in [0.25, 0.3) is 0 Å². The van der Waals surface area contributed by atoms with Gasteiger partial charge in [-0.1, -0.05) is 64.8 Å². The standard InChI is InChI=1S/C19H31N/c1-15-6-5-7-18(13-8-15)20-14-16-9-11-17(12-10-16)19(2,3)4/h9-12,15,18,20H,5-8,13-14H2,1-4H3. The second-order valence-electron chi connectivity index (χ2n) is 7.64. The van der Waals surface area contributed by atoms with Crippen LogP contribution in [-0.4, -0.2) is 6.04 Å². The summed E-state index contributed by atoms with van der Waals surface area (Å²) in [4.78, 5) is 0. The van der Waals surface area contributed by atoms with Crippen molar-refractivity contribution in [1.82, 2.24) is 5.32 Å². The molecule has 2 rings (SSSR count). The maximum Gasteiger partial charge on any atom is 0.0208 e. The van der Waals surface area contributed by atoms with Crippen LogP contribution in [0.25, 0.3) is 0 Å². The molecule has 1 aliphatic rings. The quantitative estimate of drug-likeness (QED) is 0.761. The molecule has 0 aliphatic heterocycles. The van der Waals surface area contributed by atoms with Crippen molar-refractivity contribution in [3.8, 4) is 0 Å². The number of nitrogens with one attached hydrogen (secondary N) is 1. The first-order valence-corrected chi connectivity index (χ1v) is 8.28. The lowest BCUT2D eigenvalue weighted by molar-refractivity contribution is 0.447. The Kier molecular flexibility index (Phi) is 5.26. The van der Waals surface area contributed by atoms with E-state index < -0.39 is 0 Å². The van der Waals surface area contributed by atoms with Crippen molar-refractivity contribution in [3.05, 3.63) is 35.4 Å². The molecule has 1 aromatic carbocycles. The van der Waals surface area contributed by atoms with Crippen LogP contribution < -0.4 is 5.32 Å². The second-order valence-corrected chi connectivity index (χ2v) is 7.64. The van der Waals surface area contributed by atoms with Gasteiger partial charge in [0.2, 0.25) is 0 Å². The van der Waals surface area contributed by atoms with Crippen LogP contribution in [0.1, 0.15) is 70.9 Å². The first kappa shape index (κ1) is 15.6. The van der Waals surface area contributed by atoms with Gasteiger partial charge in [-0.15, -0.1) is 0 Å². The summed E-state index contributed by atoms with van der Waals surface area (Å²) in [5, 5.41) is 3.76. The predicted molar refractivity (Wildman–Crippen MR) is 88.0 cm³/mol. The lowest BCUT2D eigenvalue weighted by atomic mass is 9.87. The van der Waals surface area contributed by atoms with E-state index in [-0.39, 0.29) is 5.41 Å². The van der Waals surface area contributed by atoms with E-state index in [4.69, 9.17) is 0 Å². The Labute approximate surface area is 125 Å². The molecule has 112 valence electrons. The van der Waals surface area contributed by atoms with Gasteiger partial charge in [-0.2, -0.15) is 0 Å². The molecule has 1 nitrogen and oxygen atoms in total. The molecule has 0 spiro atoms. The van der Waals surface area contributed by atoms with Crippen LogP contribution in [0.4, 0.5) is 0 Å². The van der Waals surface area contributed by atoms with Crippen LogP contribution >= 0.6 is 0 Å². The van der Waals surface area contributed by atoms with E-state index in [0.717, 1.165) is 18.5 Å². The molecule has 1 saturated carbocycles. The molecule has 0 bridgehead atoms. The van der Waals surface area contributed by atoms with E-state index in [1.54, 1.807) is 0 Å². The molecule has 0 aromatic heterocycles. The van der Waals surface area contributed by atoms with E-state index in [0.29, 0.717) is 0 Å². The summed E-state index contributed by atoms with van der Waals surface area (Å²) < 4.78 is 0. The zero-order valence-electron chi connectivity index (χ0n) is 13.7. The third-order valence-corrected chi connectivity index (χ3v) is 4.67. The maximum absolute atomic E-state index is 3.76. The molecule has 1 aromatic rings. The van der Waals surface area contributed by atoms with Gasteiger partial charge in [0.05, 0.1) is 0 Å². The molecule has 1 aliphatic carbocycles. The molecule has 1 N–H and O–H groups in total. The Balaban J connectivity index is 1.84. The zero-order valence-corrected chi connectivity index (χ0v) is 13.7. The van der Waals surface area contributed by atoms with Crippen molar-refractivity contribution in [2.75, 3.05) is 0 Å². The van der Waals surface area contributed by atoms with Crippen LogP contribution in [0.2, 0.25) is 0 Å². The summed E-state index contributed by atoms with van der Waals surface area (Å²) in [5.74, 6) is 0.924. The van der Waals surface area contributed by atoms with E-state index >= 15 is 0 Å². The van der Waals surface area contributed by atoms with Crippen molar-refractivity contribution in [2.45, 2.75) is 77.8 Å². The van der Waals surface area contributed by atoms with E-state index in [9.17, 15) is 0 Å². The summed E-state index contributed by atoms with van der Waals surface area (Å²) in [5.41, 5.74) is 3.09. The highest BCUT2D eigenvalue weighted by Crippen LogP contribution is 2.24. The minimum Gasteiger partial charge on any atom is -0.310 e. The fourth-order valence-electron chi connectivity index (χ4n) is 3.08. The molecule has 0 amide bonds. The van der Waals surface area contributed by atoms with E-state index in [1.807, 2.05) is 0 Å². The van der Waals surface area contributed by atoms with Crippen LogP contribution in [-0.2, 0) is 12.0 Å². The third kappa shape index (κ3) is 4.63. The molecule has 0 saturated heterocycles. The van der Waals surface area contributed by atoms with E-state index in [2.05, 4.69) is 57.3 Å². The third-order valence-electron chi connectivity index (χ3n) is 4.67. The topological polar surface area (TPSA) is 12.0 Å². The largest absolute Gasteiger partial charge is 0.310 e. The van der Waals surface area contributed by atoms with Crippen LogP contribution in [0.15, 0.2) is 24.3 Å². The van der Waals surface area contributed by atoms with Crippen molar-refractivity contribution < 1.29 is 0 Å². The Bertz CT molecular complexity index is 399. The van der Waals surface area contributed by atoms with Gasteiger partial charge in [0.1, 0.15) is 0 Å². The molecule has 0 heterocycles. The predicted octanol–water partition coefficient (Wildman–Crippen LogP) is 5.04. The smallest absolute Gasteiger partial charge is 0.0208 e. The summed E-state index contributed by atoms with van der Waals surface area (Å²) in [7, 11) is 0. The Morgan fingerprint density at radius 2 is 1.70 bits per heavy atom. The summed E-state index contributed by atoms with van der Waals surface area (Å²) in [6, 6.07) is 9.86. The van der Waals surface area contributed by atoms with Crippen molar-refractivity contribution in [2.24, 2.45) is 5.92 Å². The average molecular weight is 273 g/mol. The van der Waals surface area contributed by atoms with Crippen molar-refractivity contribution >= 4 is 0 Å². The van der Waals surface area contributed by atoms with Gasteiger partial charge in [-0.3, -0.25) is 0 Å². The monoisotopic (exact) mass is 273 g/mol. The first-order chi connectivity index (χ1) is 9.45. The Morgan fingerprint density at radius 1 is 1.00 bits per heavy atom. The second kappa shape index (κ2) is 6.76. The average Bonchev–Trinajstić information content (AvgIpc) is 2.61. The van der Waals surface area contributed by atoms with Gasteiger partial charge in [-0.25, -0.2) is 0 Å². The molecule has 20 heavy (non-hydrogen) atoms. The van der Waals surface area contributed by atoms with Crippen LogP contribution in [0, 0.1) is 5.92 Å². The lowest BCUT2D eigenvalue weighted by Gasteiger charge is -2.20. The fraction of sp³-hybridized carbons (Fsp3) is 0.684. The van der Waals surface area contributed by atoms with Crippen LogP contribution in [0.3, 0.4) is 0 Å². The van der Waals surface area contributed by atoms with Gasteiger partial charge in [0, 0.05) is 12.6 Å². The van der Waals surface area contributed by atoms with Gasteiger partial charge in [0.15, 0.2) is 0 Å². The number of hydrogen-bond donors (Lipinski definition) is 1. The summed E-state index contributed by atoms with van der Waals surface area (Å²) >= 11 is 0. The zero-order chi connectivity index (χ0) is 14.6. The van der Waals surface area contributed by atoms with Gasteiger partial charge in [-0.05, 0) is 41.7 Å². The normalized spacial score (nSPS) is 24.4. The van der Waals surface area contributed by atoms with Crippen molar-refractivity contribution in [3.63, 3.8) is 0 Å². The van der Waals surface area contributed by atoms with Gasteiger partial charge >= 0.3 is 0 Å². The molecule has 2 unspecified atom stereocenters. The first-order valence-electron chi connectivity index (χ1n) is 8.28. The minimum atomic E-state index is 0.253. The highest BCUT2D eigenvalue weighted by molar-refractivity contribution is 5.27. The molecule has 0 radical (unpaired) electrons. The number of rotatable bonds is 3. The SMILES string of the molecule is CC1CCCC(NCc2ccc(C(C)(C)C)cc2)CC1. The number of hydrogen-bond acceptors (Lipinski definition) is 1. The molecular formula is C19H31N. The summed E-state index contributed by atoms with van der Waals surface area (Å²) in [6.45, 7) is 10.2. The van der Waals surface area contributed by atoms with Crippen LogP contribution in [0.5, 0.6) is 0 Å². The van der Waals surface area contributed by atoms with E-state index in [1.165, 1.54) is 43.2 Å². The Morgan fingerprint density at radius 3 is 2.35 bits per heavy atom. The Hall–Kier alpha value is -0.820. The highest BCUT2D eigenvalue weighted by Gasteiger charge is 2.16. The molecule has 2 atom stereocenters. The summed E-state index contributed by atoms with van der Waals surface area (Å²) in [6.07, 6.45) is 6.90. The number of benzene rings is 1. The lowest BCUT2D eigenvalue weighted by Crippen LogP contribution is -2.28. The highest BCUT2D eigenvalue weighted by atomic mass is 14.9. The maximum atomic E-state index is 3.76. The fourth-order valence-corrected chi connectivity index (χ4v) is 3.08. The molecule has 1 heteroatoms.